The number of aliphatic carboxylic acids is 1. The van der Waals surface area contributed by atoms with E-state index in [2.05, 4.69) is 9.34 Å². The molecule has 0 bridgehead atoms. The van der Waals surface area contributed by atoms with Gasteiger partial charge in [-0.15, -0.1) is 0 Å². The lowest BCUT2D eigenvalue weighted by Crippen LogP contribution is -2.43. The molecule has 0 heterocycles. The number of carbonyl (C=O) groups excluding carboxylic acids is 2. The molecule has 0 aromatic heterocycles. The Kier molecular flexibility index (Phi) is 5.09. The number of carbonyl (C=O) groups is 2. The fourth-order valence-electron chi connectivity index (χ4n) is 5.59. The van der Waals surface area contributed by atoms with Gasteiger partial charge in [0.25, 0.3) is 0 Å². The molecule has 0 unspecified atom stereocenters. The van der Waals surface area contributed by atoms with Crippen molar-refractivity contribution in [3.05, 3.63) is 29.3 Å². The minimum atomic E-state index is -4.69. The van der Waals surface area contributed by atoms with E-state index in [1.807, 2.05) is 6.92 Å². The van der Waals surface area contributed by atoms with Gasteiger partial charge in [-0.3, -0.25) is 9.35 Å². The fourth-order valence-corrected chi connectivity index (χ4v) is 5.94. The van der Waals surface area contributed by atoms with Crippen LogP contribution >= 0.6 is 0 Å². The van der Waals surface area contributed by atoms with Crippen LogP contribution in [0.5, 0.6) is 5.75 Å². The predicted octanol–water partition coefficient (Wildman–Crippen LogP) is 1.22. The van der Waals surface area contributed by atoms with Gasteiger partial charge in [0.05, 0.1) is 11.7 Å². The van der Waals surface area contributed by atoms with Gasteiger partial charge in [-0.25, -0.2) is 0 Å². The van der Waals surface area contributed by atoms with Gasteiger partial charge in [0.2, 0.25) is 0 Å². The number of ketones is 1. The Labute approximate surface area is 174 Å². The van der Waals surface area contributed by atoms with E-state index in [-0.39, 0.29) is 28.9 Å². The zero-order valence-electron chi connectivity index (χ0n) is 16.4. The van der Waals surface area contributed by atoms with Crippen LogP contribution < -0.4 is 9.29 Å². The average Bonchev–Trinajstić information content (AvgIpc) is 2.95. The van der Waals surface area contributed by atoms with E-state index in [1.54, 1.807) is 6.07 Å². The normalized spacial score (nSPS) is 31.6. The summed E-state index contributed by atoms with van der Waals surface area (Å²) in [6.07, 6.45) is 3.43. The average molecular weight is 436 g/mol. The second-order valence-corrected chi connectivity index (χ2v) is 9.46. The summed E-state index contributed by atoms with van der Waals surface area (Å²) in [4.78, 5) is 28.1. The van der Waals surface area contributed by atoms with E-state index >= 15 is 0 Å². The first-order chi connectivity index (χ1) is 14.1. The minimum absolute atomic E-state index is 0.0843. The van der Waals surface area contributed by atoms with Gasteiger partial charge in [-0.1, -0.05) is 18.1 Å². The molecular weight excluding hydrogens is 414 g/mol. The maximum absolute atomic E-state index is 12.5. The second-order valence-electron chi connectivity index (χ2n) is 8.44. The molecule has 10 heteroatoms. The molecule has 1 aromatic carbocycles. The Morgan fingerprint density at radius 1 is 1.37 bits per heavy atom. The SMILES string of the molecule is C[C@]12CC[C@@H]3c4ccc(OS(=O)(=O)O)cc4/C(=N\OCC(=O)[O-])C[C@H]3[C@@H]1CCC2=O. The topological polar surface area (TPSA) is 142 Å². The van der Waals surface area contributed by atoms with Crippen molar-refractivity contribution in [3.63, 3.8) is 0 Å². The van der Waals surface area contributed by atoms with Crippen molar-refractivity contribution in [1.29, 1.82) is 0 Å². The first-order valence-electron chi connectivity index (χ1n) is 9.81. The van der Waals surface area contributed by atoms with Crippen molar-refractivity contribution < 1.29 is 36.7 Å². The quantitative estimate of drug-likeness (QED) is 0.536. The molecule has 30 heavy (non-hydrogen) atoms. The minimum Gasteiger partial charge on any atom is -0.546 e. The van der Waals surface area contributed by atoms with Crippen molar-refractivity contribution in [1.82, 2.24) is 0 Å². The summed E-state index contributed by atoms with van der Waals surface area (Å²) in [6, 6.07) is 4.65. The lowest BCUT2D eigenvalue weighted by molar-refractivity contribution is -0.309. The number of oxime groups is 1. The molecule has 1 aromatic rings. The first kappa shape index (κ1) is 20.8. The summed E-state index contributed by atoms with van der Waals surface area (Å²) in [5, 5.41) is 14.7. The Bertz CT molecular complexity index is 1030. The van der Waals surface area contributed by atoms with Crippen LogP contribution in [0.15, 0.2) is 23.4 Å². The van der Waals surface area contributed by atoms with Crippen LogP contribution in [-0.2, 0) is 24.8 Å². The number of hydrogen-bond acceptors (Lipinski definition) is 8. The van der Waals surface area contributed by atoms with Crippen molar-refractivity contribution in [2.24, 2.45) is 22.4 Å². The molecule has 3 aliphatic carbocycles. The monoisotopic (exact) mass is 436 g/mol. The van der Waals surface area contributed by atoms with Crippen molar-refractivity contribution in [2.45, 2.75) is 44.9 Å². The number of nitrogens with zero attached hydrogens (tertiary/aromatic N) is 1. The molecule has 0 aliphatic heterocycles. The van der Waals surface area contributed by atoms with Crippen molar-refractivity contribution in [2.75, 3.05) is 6.61 Å². The smallest absolute Gasteiger partial charge is 0.446 e. The number of Topliss-reactive ketones (excluding diaryl/α,β-unsaturated/α-hetero) is 1. The van der Waals surface area contributed by atoms with E-state index in [4.69, 9.17) is 9.39 Å². The van der Waals surface area contributed by atoms with Crippen molar-refractivity contribution in [3.8, 4) is 5.75 Å². The molecular formula is C20H22NO8S-. The zero-order valence-corrected chi connectivity index (χ0v) is 17.2. The number of fused-ring (bicyclic) bond motifs is 5. The Morgan fingerprint density at radius 3 is 2.83 bits per heavy atom. The Balaban J connectivity index is 1.74. The van der Waals surface area contributed by atoms with Crippen LogP contribution in [0.2, 0.25) is 0 Å². The molecule has 0 amide bonds. The summed E-state index contributed by atoms with van der Waals surface area (Å²) in [5.74, 6) is -0.718. The van der Waals surface area contributed by atoms with Gasteiger partial charge in [-0.2, -0.15) is 8.42 Å². The summed E-state index contributed by atoms with van der Waals surface area (Å²) in [5.41, 5.74) is 1.61. The highest BCUT2D eigenvalue weighted by Crippen LogP contribution is 2.59. The van der Waals surface area contributed by atoms with Crippen LogP contribution in [0.3, 0.4) is 0 Å². The van der Waals surface area contributed by atoms with Crippen LogP contribution in [0, 0.1) is 17.3 Å². The molecule has 0 spiro atoms. The van der Waals surface area contributed by atoms with Gasteiger partial charge in [-0.05, 0) is 61.1 Å². The summed E-state index contributed by atoms with van der Waals surface area (Å²) in [7, 11) is -4.69. The number of benzene rings is 1. The third-order valence-electron chi connectivity index (χ3n) is 6.87. The highest BCUT2D eigenvalue weighted by molar-refractivity contribution is 7.81. The Hall–Kier alpha value is -2.46. The highest BCUT2D eigenvalue weighted by Gasteiger charge is 2.55. The molecule has 0 radical (unpaired) electrons. The molecule has 4 rings (SSSR count). The molecule has 4 atom stereocenters. The van der Waals surface area contributed by atoms with E-state index < -0.39 is 23.0 Å². The summed E-state index contributed by atoms with van der Waals surface area (Å²) >= 11 is 0. The lowest BCUT2D eigenvalue weighted by atomic mass is 9.55. The van der Waals surface area contributed by atoms with Gasteiger partial charge >= 0.3 is 10.4 Å². The maximum atomic E-state index is 12.5. The van der Waals surface area contributed by atoms with E-state index in [0.29, 0.717) is 29.9 Å². The van der Waals surface area contributed by atoms with Gasteiger partial charge in [0.15, 0.2) is 6.61 Å². The molecule has 2 saturated carbocycles. The van der Waals surface area contributed by atoms with Crippen LogP contribution in [-0.4, -0.2) is 37.0 Å². The maximum Gasteiger partial charge on any atom is 0.446 e. The zero-order chi connectivity index (χ0) is 21.7. The van der Waals surface area contributed by atoms with Crippen LogP contribution in [0.4, 0.5) is 0 Å². The second kappa shape index (κ2) is 7.35. The Morgan fingerprint density at radius 2 is 2.13 bits per heavy atom. The van der Waals surface area contributed by atoms with E-state index in [0.717, 1.165) is 24.8 Å². The number of carboxylic acids is 1. The summed E-state index contributed by atoms with van der Waals surface area (Å²) < 4.78 is 35.7. The standard InChI is InChI=1S/C20H23NO8S/c1-20-7-6-13-12-3-2-11(29-30(25,26)27)8-15(12)17(21-28-10-19(23)24)9-14(13)16(20)4-5-18(20)22/h2-3,8,13-14,16H,4-7,9-10H2,1H3,(H,23,24)(H,25,26,27)/p-1/b21-17-/t13-,14-,16+,20+/m1/s1. The molecule has 9 nitrogen and oxygen atoms in total. The molecule has 1 N–H and O–H groups in total. The predicted molar refractivity (Wildman–Crippen MR) is 102 cm³/mol. The highest BCUT2D eigenvalue weighted by atomic mass is 32.3. The van der Waals surface area contributed by atoms with Crippen LogP contribution in [0.1, 0.15) is 56.1 Å². The van der Waals surface area contributed by atoms with Gasteiger partial charge in [0, 0.05) is 17.4 Å². The number of hydrogen-bond donors (Lipinski definition) is 1. The van der Waals surface area contributed by atoms with Gasteiger partial charge in [0.1, 0.15) is 11.5 Å². The number of rotatable bonds is 5. The molecule has 162 valence electrons. The fraction of sp³-hybridized carbons (Fsp3) is 0.550. The number of carboxylic acid groups (broad SMARTS) is 1. The third kappa shape index (κ3) is 3.69. The molecule has 2 fully saturated rings. The van der Waals surface area contributed by atoms with Crippen LogP contribution in [0.25, 0.3) is 0 Å². The third-order valence-corrected chi connectivity index (χ3v) is 7.27. The molecule has 0 saturated heterocycles. The largest absolute Gasteiger partial charge is 0.546 e. The molecule has 3 aliphatic rings. The first-order valence-corrected chi connectivity index (χ1v) is 11.2. The van der Waals surface area contributed by atoms with E-state index in [1.165, 1.54) is 12.1 Å². The van der Waals surface area contributed by atoms with Crippen molar-refractivity contribution >= 4 is 27.9 Å². The van der Waals surface area contributed by atoms with Gasteiger partial charge < -0.3 is 18.9 Å². The van der Waals surface area contributed by atoms with E-state index in [9.17, 15) is 23.1 Å². The summed E-state index contributed by atoms with van der Waals surface area (Å²) in [6.45, 7) is 1.32. The lowest BCUT2D eigenvalue weighted by Gasteiger charge is -2.48.